The van der Waals surface area contributed by atoms with Gasteiger partial charge in [-0.05, 0) is 40.0 Å². The molecule has 0 aliphatic heterocycles. The number of pyridine rings is 1. The van der Waals surface area contributed by atoms with E-state index in [1.54, 1.807) is 6.33 Å². The smallest absolute Gasteiger partial charge is 0.303 e. The maximum atomic E-state index is 10.4. The Balaban J connectivity index is 2.29. The van der Waals surface area contributed by atoms with Crippen LogP contribution in [0.2, 0.25) is 0 Å². The Morgan fingerprint density at radius 2 is 2.40 bits per heavy atom. The van der Waals surface area contributed by atoms with Crippen LogP contribution in [-0.4, -0.2) is 20.5 Å². The van der Waals surface area contributed by atoms with Gasteiger partial charge in [-0.3, -0.25) is 4.79 Å². The van der Waals surface area contributed by atoms with Crippen molar-refractivity contribution in [3.8, 4) is 0 Å². The molecule has 2 rings (SSSR count). The maximum absolute atomic E-state index is 10.4. The number of fused-ring (bicyclic) bond motifs is 1. The van der Waals surface area contributed by atoms with Gasteiger partial charge in [0.25, 0.3) is 0 Å². The van der Waals surface area contributed by atoms with Crippen LogP contribution < -0.4 is 0 Å². The van der Waals surface area contributed by atoms with Gasteiger partial charge in [-0.15, -0.1) is 0 Å². The third kappa shape index (κ3) is 2.18. The number of halogens is 1. The van der Waals surface area contributed by atoms with E-state index in [9.17, 15) is 4.79 Å². The molecule has 5 heteroatoms. The van der Waals surface area contributed by atoms with Crippen molar-refractivity contribution in [3.63, 3.8) is 0 Å². The molecule has 0 radical (unpaired) electrons. The number of carboxylic acid groups (broad SMARTS) is 1. The van der Waals surface area contributed by atoms with E-state index in [0.717, 1.165) is 15.7 Å². The van der Waals surface area contributed by atoms with Crippen molar-refractivity contribution in [1.29, 1.82) is 0 Å². The molecule has 0 fully saturated rings. The molecule has 15 heavy (non-hydrogen) atoms. The first-order chi connectivity index (χ1) is 7.16. The summed E-state index contributed by atoms with van der Waals surface area (Å²) in [5, 5.41) is 8.58. The number of carboxylic acids is 1. The Morgan fingerprint density at radius 3 is 3.13 bits per heavy atom. The molecule has 0 aliphatic carbocycles. The first-order valence-corrected chi connectivity index (χ1v) is 5.29. The highest BCUT2D eigenvalue weighted by atomic mass is 79.9. The Morgan fingerprint density at radius 1 is 1.60 bits per heavy atom. The molecule has 2 aromatic heterocycles. The van der Waals surface area contributed by atoms with E-state index in [-0.39, 0.29) is 6.42 Å². The normalized spacial score (nSPS) is 10.7. The summed E-state index contributed by atoms with van der Waals surface area (Å²) in [4.78, 5) is 14.5. The van der Waals surface area contributed by atoms with Gasteiger partial charge in [0.15, 0.2) is 0 Å². The van der Waals surface area contributed by atoms with Crippen molar-refractivity contribution >= 4 is 27.4 Å². The number of imidazole rings is 1. The lowest BCUT2D eigenvalue weighted by Gasteiger charge is -2.00. The van der Waals surface area contributed by atoms with Gasteiger partial charge in [0.2, 0.25) is 0 Å². The third-order valence-corrected chi connectivity index (χ3v) is 2.79. The van der Waals surface area contributed by atoms with Crippen LogP contribution in [0.15, 0.2) is 29.3 Å². The van der Waals surface area contributed by atoms with Crippen LogP contribution in [0.1, 0.15) is 12.0 Å². The zero-order valence-electron chi connectivity index (χ0n) is 7.85. The minimum absolute atomic E-state index is 0.155. The van der Waals surface area contributed by atoms with Crippen LogP contribution >= 0.6 is 15.9 Å². The van der Waals surface area contributed by atoms with E-state index >= 15 is 0 Å². The summed E-state index contributed by atoms with van der Waals surface area (Å²) in [6, 6.07) is 3.85. The van der Waals surface area contributed by atoms with E-state index in [1.807, 2.05) is 22.7 Å². The summed E-state index contributed by atoms with van der Waals surface area (Å²) < 4.78 is 2.66. The Kier molecular flexibility index (Phi) is 2.73. The summed E-state index contributed by atoms with van der Waals surface area (Å²) in [5.41, 5.74) is 1.96. The van der Waals surface area contributed by atoms with Gasteiger partial charge in [-0.1, -0.05) is 0 Å². The topological polar surface area (TPSA) is 54.6 Å². The van der Waals surface area contributed by atoms with Crippen molar-refractivity contribution in [2.45, 2.75) is 12.8 Å². The number of aliphatic carboxylic acids is 1. The second kappa shape index (κ2) is 4.02. The lowest BCUT2D eigenvalue weighted by Crippen LogP contribution is -1.97. The minimum Gasteiger partial charge on any atom is -0.481 e. The lowest BCUT2D eigenvalue weighted by molar-refractivity contribution is -0.136. The fourth-order valence-electron chi connectivity index (χ4n) is 1.41. The highest BCUT2D eigenvalue weighted by Crippen LogP contribution is 2.17. The van der Waals surface area contributed by atoms with Crippen molar-refractivity contribution in [2.75, 3.05) is 0 Å². The number of hydrogen-bond acceptors (Lipinski definition) is 2. The largest absolute Gasteiger partial charge is 0.481 e. The van der Waals surface area contributed by atoms with Gasteiger partial charge in [-0.25, -0.2) is 4.98 Å². The molecule has 78 valence electrons. The van der Waals surface area contributed by atoms with Crippen molar-refractivity contribution in [1.82, 2.24) is 9.38 Å². The predicted molar refractivity (Wildman–Crippen MR) is 58.8 cm³/mol. The Bertz CT molecular complexity index is 507. The van der Waals surface area contributed by atoms with Crippen LogP contribution in [0.4, 0.5) is 0 Å². The van der Waals surface area contributed by atoms with E-state index in [2.05, 4.69) is 20.9 Å². The van der Waals surface area contributed by atoms with Crippen molar-refractivity contribution in [2.24, 2.45) is 0 Å². The van der Waals surface area contributed by atoms with Gasteiger partial charge >= 0.3 is 5.97 Å². The number of rotatable bonds is 3. The van der Waals surface area contributed by atoms with Crippen molar-refractivity contribution in [3.05, 3.63) is 34.8 Å². The Hall–Kier alpha value is -1.36. The summed E-state index contributed by atoms with van der Waals surface area (Å²) in [7, 11) is 0. The van der Waals surface area contributed by atoms with Gasteiger partial charge < -0.3 is 9.51 Å². The molecule has 0 saturated carbocycles. The highest BCUT2D eigenvalue weighted by Gasteiger charge is 2.03. The van der Waals surface area contributed by atoms with Crippen LogP contribution in [0.25, 0.3) is 5.52 Å². The number of hydrogen-bond donors (Lipinski definition) is 1. The summed E-state index contributed by atoms with van der Waals surface area (Å²) in [6.07, 6.45) is 4.29. The average molecular weight is 269 g/mol. The van der Waals surface area contributed by atoms with Crippen LogP contribution in [0, 0.1) is 0 Å². The molecule has 2 aromatic rings. The summed E-state index contributed by atoms with van der Waals surface area (Å²) in [6.45, 7) is 0. The first-order valence-electron chi connectivity index (χ1n) is 4.49. The summed E-state index contributed by atoms with van der Waals surface area (Å²) >= 11 is 3.33. The average Bonchev–Trinajstić information content (AvgIpc) is 2.57. The molecule has 0 bridgehead atoms. The molecule has 0 aliphatic rings. The SMILES string of the molecule is O=C(O)CCc1ccn2cnc(Br)c2c1. The molecule has 0 aromatic carbocycles. The molecule has 0 saturated heterocycles. The molecule has 0 atom stereocenters. The number of carbonyl (C=O) groups is 1. The lowest BCUT2D eigenvalue weighted by atomic mass is 10.1. The quantitative estimate of drug-likeness (QED) is 0.928. The van der Waals surface area contributed by atoms with Gasteiger partial charge in [0, 0.05) is 12.6 Å². The fourth-order valence-corrected chi connectivity index (χ4v) is 1.82. The number of nitrogens with zero attached hydrogens (tertiary/aromatic N) is 2. The third-order valence-electron chi connectivity index (χ3n) is 2.18. The minimum atomic E-state index is -0.776. The molecule has 0 unspecified atom stereocenters. The standard InChI is InChI=1S/C10H9BrN2O2/c11-10-8-5-7(1-2-9(14)15)3-4-13(8)6-12-10/h3-6H,1-2H2,(H,14,15). The molecule has 4 nitrogen and oxygen atoms in total. The van der Waals surface area contributed by atoms with Crippen molar-refractivity contribution < 1.29 is 9.90 Å². The maximum Gasteiger partial charge on any atom is 0.303 e. The molecule has 1 N–H and O–H groups in total. The molecule has 2 heterocycles. The van der Waals surface area contributed by atoms with Gasteiger partial charge in [0.1, 0.15) is 10.9 Å². The molecule has 0 spiro atoms. The zero-order valence-corrected chi connectivity index (χ0v) is 9.44. The molecule has 0 amide bonds. The van der Waals surface area contributed by atoms with E-state index < -0.39 is 5.97 Å². The second-order valence-corrected chi connectivity index (χ2v) is 4.01. The van der Waals surface area contributed by atoms with E-state index in [0.29, 0.717) is 6.42 Å². The first kappa shape index (κ1) is 10.2. The molecular weight excluding hydrogens is 260 g/mol. The zero-order chi connectivity index (χ0) is 10.8. The Labute approximate surface area is 94.7 Å². The fraction of sp³-hybridized carbons (Fsp3) is 0.200. The van der Waals surface area contributed by atoms with Crippen LogP contribution in [0.5, 0.6) is 0 Å². The predicted octanol–water partition coefficient (Wildman–Crippen LogP) is 2.11. The van der Waals surface area contributed by atoms with Gasteiger partial charge in [-0.2, -0.15) is 0 Å². The van der Waals surface area contributed by atoms with Gasteiger partial charge in [0.05, 0.1) is 5.52 Å². The monoisotopic (exact) mass is 268 g/mol. The second-order valence-electron chi connectivity index (χ2n) is 3.26. The number of aryl methyl sites for hydroxylation is 1. The highest BCUT2D eigenvalue weighted by molar-refractivity contribution is 9.10. The number of aromatic nitrogens is 2. The van der Waals surface area contributed by atoms with E-state index in [4.69, 9.17) is 5.11 Å². The van der Waals surface area contributed by atoms with Crippen LogP contribution in [-0.2, 0) is 11.2 Å². The van der Waals surface area contributed by atoms with E-state index in [1.165, 1.54) is 0 Å². The summed E-state index contributed by atoms with van der Waals surface area (Å²) in [5.74, 6) is -0.776. The van der Waals surface area contributed by atoms with Crippen LogP contribution in [0.3, 0.4) is 0 Å². The molecular formula is C10H9BrN2O2.